The molecular weight excluding hydrogens is 376 g/mol. The quantitative estimate of drug-likeness (QED) is 0.498. The van der Waals surface area contributed by atoms with Gasteiger partial charge in [-0.3, -0.25) is 0 Å². The Hall–Kier alpha value is -2.74. The number of ether oxygens (including phenoxy) is 5. The summed E-state index contributed by atoms with van der Waals surface area (Å²) >= 11 is 0. The Kier molecular flexibility index (Phi) is 7.35. The van der Waals surface area contributed by atoms with Crippen LogP contribution < -0.4 is 0 Å². The van der Waals surface area contributed by atoms with E-state index in [4.69, 9.17) is 23.7 Å². The summed E-state index contributed by atoms with van der Waals surface area (Å²) in [4.78, 5) is 25.1. The molecule has 0 aliphatic carbocycles. The number of hydrogen-bond donors (Lipinski definition) is 0. The van der Waals surface area contributed by atoms with Gasteiger partial charge in [0, 0.05) is 7.11 Å². The minimum absolute atomic E-state index is 0.127. The summed E-state index contributed by atoms with van der Waals surface area (Å²) in [6.07, 6.45) is -2.54. The lowest BCUT2D eigenvalue weighted by Gasteiger charge is -2.23. The first-order valence-electron chi connectivity index (χ1n) is 9.35. The fourth-order valence-corrected chi connectivity index (χ4v) is 2.95. The van der Waals surface area contributed by atoms with E-state index in [1.165, 1.54) is 0 Å². The highest BCUT2D eigenvalue weighted by molar-refractivity contribution is 5.91. The van der Waals surface area contributed by atoms with E-state index >= 15 is 0 Å². The van der Waals surface area contributed by atoms with Crippen molar-refractivity contribution in [3.05, 3.63) is 71.3 Å². The summed E-state index contributed by atoms with van der Waals surface area (Å²) in [5, 5.41) is 0. The minimum atomic E-state index is -1.07. The number of carbonyl (C=O) groups excluding carboxylic acids is 2. The first-order valence-corrected chi connectivity index (χ1v) is 9.35. The number of benzene rings is 2. The van der Waals surface area contributed by atoms with Gasteiger partial charge in [0.1, 0.15) is 6.10 Å². The van der Waals surface area contributed by atoms with Gasteiger partial charge in [0.15, 0.2) is 6.10 Å². The lowest BCUT2D eigenvalue weighted by molar-refractivity contribution is -0.127. The molecular formula is C22H24O7. The van der Waals surface area contributed by atoms with Crippen molar-refractivity contribution in [1.29, 1.82) is 0 Å². The first kappa shape index (κ1) is 21.0. The van der Waals surface area contributed by atoms with E-state index in [0.717, 1.165) is 5.56 Å². The summed E-state index contributed by atoms with van der Waals surface area (Å²) in [5.41, 5.74) is 1.59. The van der Waals surface area contributed by atoms with Crippen LogP contribution in [0.5, 0.6) is 0 Å². The monoisotopic (exact) mass is 400 g/mol. The lowest BCUT2D eigenvalue weighted by atomic mass is 10.1. The number of hydrogen-bond acceptors (Lipinski definition) is 7. The molecule has 0 unspecified atom stereocenters. The maximum atomic E-state index is 12.6. The molecule has 7 nitrogen and oxygen atoms in total. The van der Waals surface area contributed by atoms with Crippen LogP contribution >= 0.6 is 0 Å². The number of carbonyl (C=O) groups is 2. The average Bonchev–Trinajstić information content (AvgIpc) is 3.10. The number of aryl methyl sites for hydroxylation is 1. The van der Waals surface area contributed by atoms with Gasteiger partial charge in [-0.05, 0) is 30.7 Å². The highest BCUT2D eigenvalue weighted by atomic mass is 16.7. The van der Waals surface area contributed by atoms with E-state index in [1.807, 2.05) is 19.1 Å². The third kappa shape index (κ3) is 5.41. The second kappa shape index (κ2) is 10.2. The number of rotatable bonds is 8. The first-order chi connectivity index (χ1) is 14.1. The normalized spacial score (nSPS) is 21.0. The van der Waals surface area contributed by atoms with Gasteiger partial charge in [-0.15, -0.1) is 0 Å². The predicted molar refractivity (Wildman–Crippen MR) is 104 cm³/mol. The second-order valence-electron chi connectivity index (χ2n) is 6.56. The molecule has 1 aliphatic heterocycles. The van der Waals surface area contributed by atoms with Gasteiger partial charge < -0.3 is 23.7 Å². The Labute approximate surface area is 169 Å². The predicted octanol–water partition coefficient (Wildman–Crippen LogP) is 2.77. The largest absolute Gasteiger partial charge is 0.449 e. The van der Waals surface area contributed by atoms with Crippen LogP contribution in [0.2, 0.25) is 0 Å². The van der Waals surface area contributed by atoms with E-state index in [2.05, 4.69) is 0 Å². The molecule has 0 spiro atoms. The van der Waals surface area contributed by atoms with E-state index in [0.29, 0.717) is 24.3 Å². The van der Waals surface area contributed by atoms with Crippen LogP contribution in [-0.4, -0.2) is 57.4 Å². The molecule has 1 heterocycles. The SMILES string of the molecule is COCCO[C@H]1CO[C@H](OC(=O)c2ccccc2C)[C@H]1OC(=O)c1ccccc1. The van der Waals surface area contributed by atoms with Crippen LogP contribution in [0.3, 0.4) is 0 Å². The van der Waals surface area contributed by atoms with Gasteiger partial charge in [-0.25, -0.2) is 9.59 Å². The number of esters is 2. The summed E-state index contributed by atoms with van der Waals surface area (Å²) < 4.78 is 27.4. The zero-order valence-electron chi connectivity index (χ0n) is 16.4. The maximum absolute atomic E-state index is 12.6. The minimum Gasteiger partial charge on any atom is -0.449 e. The van der Waals surface area contributed by atoms with Crippen molar-refractivity contribution in [2.45, 2.75) is 25.4 Å². The summed E-state index contributed by atoms with van der Waals surface area (Å²) in [7, 11) is 1.56. The van der Waals surface area contributed by atoms with E-state index in [1.54, 1.807) is 49.6 Å². The topological polar surface area (TPSA) is 80.3 Å². The van der Waals surface area contributed by atoms with Gasteiger partial charge in [-0.1, -0.05) is 36.4 Å². The fraction of sp³-hybridized carbons (Fsp3) is 0.364. The van der Waals surface area contributed by atoms with Crippen molar-refractivity contribution >= 4 is 11.9 Å². The zero-order valence-corrected chi connectivity index (χ0v) is 16.4. The van der Waals surface area contributed by atoms with Crippen molar-refractivity contribution in [2.24, 2.45) is 0 Å². The zero-order chi connectivity index (χ0) is 20.6. The Morgan fingerprint density at radius 1 is 0.966 bits per heavy atom. The van der Waals surface area contributed by atoms with Crippen LogP contribution in [0.1, 0.15) is 26.3 Å². The summed E-state index contributed by atoms with van der Waals surface area (Å²) in [5.74, 6) is -1.09. The van der Waals surface area contributed by atoms with Crippen molar-refractivity contribution in [1.82, 2.24) is 0 Å². The molecule has 0 N–H and O–H groups in total. The molecule has 0 bridgehead atoms. The Balaban J connectivity index is 1.72. The molecule has 0 aromatic heterocycles. The van der Waals surface area contributed by atoms with E-state index < -0.39 is 30.4 Å². The molecule has 2 aromatic rings. The van der Waals surface area contributed by atoms with Crippen molar-refractivity contribution in [2.75, 3.05) is 26.9 Å². The van der Waals surface area contributed by atoms with Crippen LogP contribution in [0.25, 0.3) is 0 Å². The highest BCUT2D eigenvalue weighted by Crippen LogP contribution is 2.24. The van der Waals surface area contributed by atoms with Crippen molar-refractivity contribution in [3.63, 3.8) is 0 Å². The molecule has 0 radical (unpaired) electrons. The van der Waals surface area contributed by atoms with Crippen LogP contribution in [-0.2, 0) is 23.7 Å². The van der Waals surface area contributed by atoms with Crippen LogP contribution in [0.15, 0.2) is 54.6 Å². The molecule has 0 saturated carbocycles. The summed E-state index contributed by atoms with van der Waals surface area (Å²) in [6, 6.07) is 15.7. The second-order valence-corrected chi connectivity index (χ2v) is 6.56. The van der Waals surface area contributed by atoms with E-state index in [9.17, 15) is 9.59 Å². The van der Waals surface area contributed by atoms with Gasteiger partial charge >= 0.3 is 11.9 Å². The highest BCUT2D eigenvalue weighted by Gasteiger charge is 2.44. The van der Waals surface area contributed by atoms with Crippen LogP contribution in [0, 0.1) is 6.92 Å². The van der Waals surface area contributed by atoms with Gasteiger partial charge in [0.2, 0.25) is 6.29 Å². The molecule has 1 aliphatic rings. The van der Waals surface area contributed by atoms with Crippen molar-refractivity contribution in [3.8, 4) is 0 Å². The molecule has 1 fully saturated rings. The Bertz CT molecular complexity index is 821. The molecule has 1 saturated heterocycles. The molecule has 2 aromatic carbocycles. The molecule has 3 rings (SSSR count). The summed E-state index contributed by atoms with van der Waals surface area (Å²) in [6.45, 7) is 2.61. The number of methoxy groups -OCH3 is 1. The molecule has 7 heteroatoms. The maximum Gasteiger partial charge on any atom is 0.340 e. The van der Waals surface area contributed by atoms with Gasteiger partial charge in [0.25, 0.3) is 0 Å². The smallest absolute Gasteiger partial charge is 0.340 e. The van der Waals surface area contributed by atoms with Gasteiger partial charge in [0.05, 0.1) is 30.9 Å². The standard InChI is InChI=1S/C22H24O7/c1-15-8-6-7-11-17(15)21(24)29-22-19(18(14-27-22)26-13-12-25-2)28-20(23)16-9-4-3-5-10-16/h3-11,18-19,22H,12-14H2,1-2H3/t18-,19-,22+/m0/s1. The van der Waals surface area contributed by atoms with Crippen LogP contribution in [0.4, 0.5) is 0 Å². The third-order valence-electron chi connectivity index (χ3n) is 4.52. The lowest BCUT2D eigenvalue weighted by Crippen LogP contribution is -2.39. The fourth-order valence-electron chi connectivity index (χ4n) is 2.95. The Morgan fingerprint density at radius 3 is 2.41 bits per heavy atom. The van der Waals surface area contributed by atoms with E-state index in [-0.39, 0.29) is 6.61 Å². The third-order valence-corrected chi connectivity index (χ3v) is 4.52. The molecule has 3 atom stereocenters. The molecule has 0 amide bonds. The molecule has 29 heavy (non-hydrogen) atoms. The molecule has 154 valence electrons. The van der Waals surface area contributed by atoms with Crippen molar-refractivity contribution < 1.29 is 33.3 Å². The average molecular weight is 400 g/mol. The Morgan fingerprint density at radius 2 is 1.69 bits per heavy atom. The van der Waals surface area contributed by atoms with Gasteiger partial charge in [-0.2, -0.15) is 0 Å².